The Morgan fingerprint density at radius 1 is 1.10 bits per heavy atom. The van der Waals surface area contributed by atoms with Gasteiger partial charge in [0.2, 0.25) is 11.8 Å². The Labute approximate surface area is 119 Å². The van der Waals surface area contributed by atoms with Crippen molar-refractivity contribution in [2.45, 2.75) is 39.0 Å². The molecule has 2 fully saturated rings. The van der Waals surface area contributed by atoms with E-state index >= 15 is 0 Å². The monoisotopic (exact) mass is 275 g/mol. The van der Waals surface area contributed by atoms with Crippen molar-refractivity contribution in [1.82, 2.24) is 4.90 Å². The number of nitrogens with zero attached hydrogens (tertiary/aromatic N) is 1. The smallest absolute Gasteiger partial charge is 0.237 e. The maximum Gasteiger partial charge on any atom is 0.237 e. The molecule has 1 aliphatic heterocycles. The molecule has 0 aromatic rings. The lowest BCUT2D eigenvalue weighted by molar-refractivity contribution is -0.137. The first-order chi connectivity index (χ1) is 9.61. The Bertz CT molecular complexity index is 506. The molecule has 2 aliphatic carbocycles. The van der Waals surface area contributed by atoms with Crippen molar-refractivity contribution >= 4 is 11.8 Å². The molecule has 1 saturated heterocycles. The minimum absolute atomic E-state index is 0.0204. The summed E-state index contributed by atoms with van der Waals surface area (Å²) in [6, 6.07) is 0. The van der Waals surface area contributed by atoms with E-state index in [2.05, 4.69) is 6.92 Å². The lowest BCUT2D eigenvalue weighted by atomic mass is 9.76. The second-order valence-corrected chi connectivity index (χ2v) is 6.14. The van der Waals surface area contributed by atoms with E-state index in [1.54, 1.807) is 7.11 Å². The summed E-state index contributed by atoms with van der Waals surface area (Å²) in [6.07, 6.45) is 7.96. The number of amides is 2. The van der Waals surface area contributed by atoms with E-state index in [-0.39, 0.29) is 23.7 Å². The van der Waals surface area contributed by atoms with Crippen LogP contribution in [-0.4, -0.2) is 23.8 Å². The highest BCUT2D eigenvalue weighted by molar-refractivity contribution is 6.06. The molecule has 0 bridgehead atoms. The number of carbonyl (C=O) groups is 2. The van der Waals surface area contributed by atoms with E-state index in [9.17, 15) is 9.59 Å². The minimum Gasteiger partial charge on any atom is -0.501 e. The van der Waals surface area contributed by atoms with E-state index in [4.69, 9.17) is 4.74 Å². The third-order valence-electron chi connectivity index (χ3n) is 4.83. The third kappa shape index (κ3) is 2.07. The molecule has 4 heteroatoms. The van der Waals surface area contributed by atoms with E-state index < -0.39 is 0 Å². The second-order valence-electron chi connectivity index (χ2n) is 6.14. The average molecular weight is 275 g/mol. The van der Waals surface area contributed by atoms with Gasteiger partial charge in [-0.15, -0.1) is 0 Å². The molecule has 3 atom stereocenters. The Kier molecular flexibility index (Phi) is 3.40. The predicted octanol–water partition coefficient (Wildman–Crippen LogP) is 2.62. The van der Waals surface area contributed by atoms with Gasteiger partial charge in [0.05, 0.1) is 24.7 Å². The zero-order valence-corrected chi connectivity index (χ0v) is 12.1. The van der Waals surface area contributed by atoms with Crippen LogP contribution in [0.3, 0.4) is 0 Å². The summed E-state index contributed by atoms with van der Waals surface area (Å²) in [7, 11) is 1.65. The quantitative estimate of drug-likeness (QED) is 0.728. The first kappa shape index (κ1) is 13.4. The molecule has 0 radical (unpaired) electrons. The maximum absolute atomic E-state index is 12.6. The van der Waals surface area contributed by atoms with Crippen molar-refractivity contribution in [3.05, 3.63) is 23.6 Å². The summed E-state index contributed by atoms with van der Waals surface area (Å²) < 4.78 is 5.19. The van der Waals surface area contributed by atoms with Crippen molar-refractivity contribution in [3.63, 3.8) is 0 Å². The molecule has 4 nitrogen and oxygen atoms in total. The van der Waals surface area contributed by atoms with Crippen molar-refractivity contribution in [3.8, 4) is 0 Å². The van der Waals surface area contributed by atoms with Crippen LogP contribution in [0.15, 0.2) is 23.6 Å². The molecular formula is C16H21NO3. The largest absolute Gasteiger partial charge is 0.501 e. The van der Waals surface area contributed by atoms with Crippen LogP contribution in [0, 0.1) is 17.8 Å². The van der Waals surface area contributed by atoms with Crippen LogP contribution < -0.4 is 0 Å². The molecule has 0 spiro atoms. The lowest BCUT2D eigenvalue weighted by Crippen LogP contribution is -2.31. The van der Waals surface area contributed by atoms with Gasteiger partial charge in [-0.25, -0.2) is 0 Å². The highest BCUT2D eigenvalue weighted by atomic mass is 16.5. The summed E-state index contributed by atoms with van der Waals surface area (Å²) in [5, 5.41) is 0. The maximum atomic E-state index is 12.6. The van der Waals surface area contributed by atoms with Gasteiger partial charge in [-0.3, -0.25) is 14.5 Å². The normalized spacial score (nSPS) is 33.7. The second kappa shape index (κ2) is 5.08. The van der Waals surface area contributed by atoms with Crippen LogP contribution in [0.5, 0.6) is 0 Å². The summed E-state index contributed by atoms with van der Waals surface area (Å²) in [6.45, 7) is 2.17. The molecule has 20 heavy (non-hydrogen) atoms. The Morgan fingerprint density at radius 3 is 2.50 bits per heavy atom. The molecule has 1 saturated carbocycles. The van der Waals surface area contributed by atoms with Gasteiger partial charge >= 0.3 is 0 Å². The van der Waals surface area contributed by atoms with Gasteiger partial charge in [-0.1, -0.05) is 6.92 Å². The third-order valence-corrected chi connectivity index (χ3v) is 4.83. The predicted molar refractivity (Wildman–Crippen MR) is 74.3 cm³/mol. The SMILES string of the molecule is COC1=CC=C(N2C(=O)C3CCC(C)CC3C2=O)CC1. The zero-order chi connectivity index (χ0) is 14.3. The van der Waals surface area contributed by atoms with Crippen LogP contribution >= 0.6 is 0 Å². The fourth-order valence-electron chi connectivity index (χ4n) is 3.64. The van der Waals surface area contributed by atoms with Crippen LogP contribution in [0.4, 0.5) is 0 Å². The Balaban J connectivity index is 1.84. The molecule has 2 amide bonds. The summed E-state index contributed by atoms with van der Waals surface area (Å²) in [4.78, 5) is 26.5. The molecule has 3 rings (SSSR count). The van der Waals surface area contributed by atoms with Crippen molar-refractivity contribution < 1.29 is 14.3 Å². The summed E-state index contributed by atoms with van der Waals surface area (Å²) in [5.74, 6) is 1.33. The van der Waals surface area contributed by atoms with Crippen LogP contribution in [0.2, 0.25) is 0 Å². The molecule has 108 valence electrons. The first-order valence-electron chi connectivity index (χ1n) is 7.43. The fraction of sp³-hybridized carbons (Fsp3) is 0.625. The van der Waals surface area contributed by atoms with Gasteiger partial charge in [0, 0.05) is 12.1 Å². The zero-order valence-electron chi connectivity index (χ0n) is 12.1. The van der Waals surface area contributed by atoms with E-state index in [1.165, 1.54) is 4.90 Å². The molecule has 0 aromatic carbocycles. The standard InChI is InChI=1S/C16H21NO3/c1-10-3-8-13-14(9-10)16(19)17(15(13)18)11-4-6-12(20-2)7-5-11/h4,6,10,13-14H,3,5,7-9H2,1-2H3. The summed E-state index contributed by atoms with van der Waals surface area (Å²) in [5.41, 5.74) is 0.836. The van der Waals surface area contributed by atoms with Crippen LogP contribution in [0.25, 0.3) is 0 Å². The number of likely N-dealkylation sites (tertiary alicyclic amines) is 1. The number of allylic oxidation sites excluding steroid dienone is 4. The number of hydrogen-bond acceptors (Lipinski definition) is 3. The van der Waals surface area contributed by atoms with Crippen molar-refractivity contribution in [2.24, 2.45) is 17.8 Å². The first-order valence-corrected chi connectivity index (χ1v) is 7.43. The van der Waals surface area contributed by atoms with Gasteiger partial charge in [-0.2, -0.15) is 0 Å². The van der Waals surface area contributed by atoms with Gasteiger partial charge in [-0.05, 0) is 43.8 Å². The fourth-order valence-corrected chi connectivity index (χ4v) is 3.64. The lowest BCUT2D eigenvalue weighted by Gasteiger charge is -2.25. The number of ether oxygens (including phenoxy) is 1. The van der Waals surface area contributed by atoms with Crippen LogP contribution in [0.1, 0.15) is 39.0 Å². The number of hydrogen-bond donors (Lipinski definition) is 0. The number of carbonyl (C=O) groups excluding carboxylic acids is 2. The minimum atomic E-state index is -0.0834. The topological polar surface area (TPSA) is 46.6 Å². The van der Waals surface area contributed by atoms with Gasteiger partial charge in [0.15, 0.2) is 0 Å². The van der Waals surface area contributed by atoms with Gasteiger partial charge < -0.3 is 4.74 Å². The Hall–Kier alpha value is -1.58. The molecule has 3 unspecified atom stereocenters. The number of imide groups is 1. The molecular weight excluding hydrogens is 254 g/mol. The number of fused-ring (bicyclic) bond motifs is 1. The number of rotatable bonds is 2. The molecule has 3 aliphatic rings. The molecule has 1 heterocycles. The van der Waals surface area contributed by atoms with Crippen LogP contribution in [-0.2, 0) is 14.3 Å². The highest BCUT2D eigenvalue weighted by Gasteiger charge is 2.50. The Morgan fingerprint density at radius 2 is 1.85 bits per heavy atom. The van der Waals surface area contributed by atoms with Crippen molar-refractivity contribution in [2.75, 3.05) is 7.11 Å². The average Bonchev–Trinajstić information content (AvgIpc) is 2.71. The summed E-state index contributed by atoms with van der Waals surface area (Å²) >= 11 is 0. The van der Waals surface area contributed by atoms with E-state index in [1.807, 2.05) is 12.2 Å². The highest BCUT2D eigenvalue weighted by Crippen LogP contribution is 2.42. The van der Waals surface area contributed by atoms with Crippen molar-refractivity contribution in [1.29, 1.82) is 0 Å². The molecule has 0 N–H and O–H groups in total. The molecule has 0 aromatic heterocycles. The van der Waals surface area contributed by atoms with Gasteiger partial charge in [0.25, 0.3) is 0 Å². The number of methoxy groups -OCH3 is 1. The van der Waals surface area contributed by atoms with E-state index in [0.29, 0.717) is 12.3 Å². The van der Waals surface area contributed by atoms with Gasteiger partial charge in [0.1, 0.15) is 0 Å². The van der Waals surface area contributed by atoms with E-state index in [0.717, 1.165) is 37.1 Å².